The van der Waals surface area contributed by atoms with Crippen molar-refractivity contribution in [2.75, 3.05) is 10.7 Å². The number of carbonyl (C=O) groups is 2. The van der Waals surface area contributed by atoms with E-state index < -0.39 is 42.0 Å². The van der Waals surface area contributed by atoms with E-state index >= 15 is 0 Å². The zero-order chi connectivity index (χ0) is 18.7. The number of carbonyl (C=O) groups excluding carboxylic acids is 2. The highest BCUT2D eigenvalue weighted by molar-refractivity contribution is 5.68. The van der Waals surface area contributed by atoms with E-state index in [1.807, 2.05) is 6.92 Å². The fourth-order valence-corrected chi connectivity index (χ4v) is 2.65. The number of nitrogens with one attached hydrogen (secondary N) is 1. The predicted molar refractivity (Wildman–Crippen MR) is 86.0 cm³/mol. The molecule has 2 heterocycles. The van der Waals surface area contributed by atoms with Gasteiger partial charge in [-0.25, -0.2) is 10.9 Å². The van der Waals surface area contributed by atoms with Crippen LogP contribution in [0.2, 0.25) is 0 Å². The Kier molecular flexibility index (Phi) is 5.59. The predicted octanol–water partition coefficient (Wildman–Crippen LogP) is -0.969. The van der Waals surface area contributed by atoms with E-state index in [9.17, 15) is 14.4 Å². The van der Waals surface area contributed by atoms with Gasteiger partial charge in [0.2, 0.25) is 0 Å². The van der Waals surface area contributed by atoms with Gasteiger partial charge in [-0.3, -0.25) is 19.4 Å². The van der Waals surface area contributed by atoms with Gasteiger partial charge in [0.25, 0.3) is 5.56 Å². The number of hydrogen-bond donors (Lipinski definition) is 3. The van der Waals surface area contributed by atoms with Crippen LogP contribution in [0.15, 0.2) is 11.0 Å². The Labute approximate surface area is 143 Å². The molecule has 1 aromatic rings. The summed E-state index contributed by atoms with van der Waals surface area (Å²) >= 11 is 0. The highest BCUT2D eigenvalue weighted by atomic mass is 16.6. The minimum Gasteiger partial charge on any atom is -0.456 e. The van der Waals surface area contributed by atoms with Gasteiger partial charge in [0.1, 0.15) is 17.5 Å². The van der Waals surface area contributed by atoms with E-state index in [4.69, 9.17) is 25.8 Å². The lowest BCUT2D eigenvalue weighted by Crippen LogP contribution is -2.51. The molecule has 25 heavy (non-hydrogen) atoms. The molecule has 0 radical (unpaired) electrons. The van der Waals surface area contributed by atoms with Crippen molar-refractivity contribution >= 4 is 23.3 Å². The van der Waals surface area contributed by atoms with Gasteiger partial charge in [-0.05, 0) is 6.42 Å². The van der Waals surface area contributed by atoms with Gasteiger partial charge in [0.15, 0.2) is 18.4 Å². The van der Waals surface area contributed by atoms with Crippen molar-refractivity contribution in [1.29, 1.82) is 0 Å². The van der Waals surface area contributed by atoms with E-state index in [0.29, 0.717) is 6.42 Å². The molecule has 4 unspecified atom stereocenters. The number of ether oxygens (including phenoxy) is 3. The number of nitrogens with two attached hydrogens (primary N) is 2. The van der Waals surface area contributed by atoms with Gasteiger partial charge >= 0.3 is 11.9 Å². The summed E-state index contributed by atoms with van der Waals surface area (Å²) in [5, 5.41) is 6.86. The third-order valence-corrected chi connectivity index (χ3v) is 3.72. The minimum atomic E-state index is -1.02. The first kappa shape index (κ1) is 18.7. The monoisotopic (exact) mass is 355 g/mol. The number of esters is 2. The number of nitrogens with zero attached hydrogens (tertiary/aromatic N) is 2. The van der Waals surface area contributed by atoms with Gasteiger partial charge in [-0.15, -0.1) is 0 Å². The quantitative estimate of drug-likeness (QED) is 0.340. The molecule has 0 aliphatic carbocycles. The topological polar surface area (TPSA) is 163 Å². The summed E-state index contributed by atoms with van der Waals surface area (Å²) in [6, 6.07) is 0. The second kappa shape index (κ2) is 7.49. The highest BCUT2D eigenvalue weighted by Crippen LogP contribution is 2.32. The van der Waals surface area contributed by atoms with Crippen LogP contribution in [0.3, 0.4) is 0 Å². The summed E-state index contributed by atoms with van der Waals surface area (Å²) in [4.78, 5) is 34.5. The van der Waals surface area contributed by atoms with Crippen LogP contribution in [0.4, 0.5) is 11.4 Å². The van der Waals surface area contributed by atoms with Gasteiger partial charge < -0.3 is 19.9 Å². The fourth-order valence-electron chi connectivity index (χ4n) is 2.65. The number of aromatic nitrogens is 2. The largest absolute Gasteiger partial charge is 0.456 e. The lowest BCUT2D eigenvalue weighted by Gasteiger charge is -2.30. The lowest BCUT2D eigenvalue weighted by atomic mass is 10.1. The Hall–Kier alpha value is -2.66. The van der Waals surface area contributed by atoms with Gasteiger partial charge in [-0.2, -0.15) is 5.10 Å². The second-order valence-corrected chi connectivity index (χ2v) is 5.53. The van der Waals surface area contributed by atoms with Crippen molar-refractivity contribution in [3.05, 3.63) is 16.6 Å². The first-order valence-electron chi connectivity index (χ1n) is 7.63. The molecule has 1 aromatic heterocycles. The minimum absolute atomic E-state index is 0.0873. The molecular weight excluding hydrogens is 334 g/mol. The summed E-state index contributed by atoms with van der Waals surface area (Å²) in [7, 11) is 0. The third kappa shape index (κ3) is 3.88. The summed E-state index contributed by atoms with van der Waals surface area (Å²) in [5.41, 5.74) is 5.01. The average molecular weight is 355 g/mol. The van der Waals surface area contributed by atoms with Crippen molar-refractivity contribution in [3.8, 4) is 0 Å². The van der Waals surface area contributed by atoms with E-state index in [2.05, 4.69) is 10.2 Å². The van der Waals surface area contributed by atoms with Crippen molar-refractivity contribution < 1.29 is 23.8 Å². The summed E-state index contributed by atoms with van der Waals surface area (Å²) in [6.45, 7) is 4.27. The Morgan fingerprint density at radius 1 is 1.32 bits per heavy atom. The van der Waals surface area contributed by atoms with Gasteiger partial charge in [-0.1, -0.05) is 6.92 Å². The zero-order valence-corrected chi connectivity index (χ0v) is 14.1. The number of hydrogen-bond acceptors (Lipinski definition) is 10. The Bertz CT molecular complexity index is 707. The molecule has 4 atom stereocenters. The summed E-state index contributed by atoms with van der Waals surface area (Å²) in [5.74, 6) is 4.90. The standard InChI is InChI=1S/C14H21N5O6/c1-4-9-11(23-6(2)20)12(24-7(3)21)14(25-9)19(16)8-5-17-18-13(22)10(8)15/h5,9,11-12,14H,4,16H2,1-3H3,(H2,15,17)(H,18,22). The van der Waals surface area contributed by atoms with Crippen LogP contribution in [0.25, 0.3) is 0 Å². The van der Waals surface area contributed by atoms with E-state index in [-0.39, 0.29) is 11.4 Å². The van der Waals surface area contributed by atoms with Crippen molar-refractivity contribution in [3.63, 3.8) is 0 Å². The van der Waals surface area contributed by atoms with E-state index in [0.717, 1.165) is 5.01 Å². The highest BCUT2D eigenvalue weighted by Gasteiger charge is 2.50. The molecule has 1 aliphatic heterocycles. The normalized spacial score (nSPS) is 25.4. The molecule has 0 saturated carbocycles. The maximum atomic E-state index is 11.6. The molecule has 0 spiro atoms. The van der Waals surface area contributed by atoms with E-state index in [1.54, 1.807) is 0 Å². The number of aromatic amines is 1. The van der Waals surface area contributed by atoms with E-state index in [1.165, 1.54) is 20.0 Å². The number of hydrazine groups is 1. The maximum Gasteiger partial charge on any atom is 0.303 e. The van der Waals surface area contributed by atoms with Crippen molar-refractivity contribution in [1.82, 2.24) is 10.2 Å². The first-order valence-corrected chi connectivity index (χ1v) is 7.63. The van der Waals surface area contributed by atoms with Gasteiger partial charge in [0, 0.05) is 13.8 Å². The molecule has 0 aromatic carbocycles. The van der Waals surface area contributed by atoms with Gasteiger partial charge in [0.05, 0.1) is 6.20 Å². The number of nitrogen functional groups attached to an aromatic ring is 1. The number of rotatable bonds is 5. The molecule has 0 bridgehead atoms. The van der Waals surface area contributed by atoms with Crippen LogP contribution in [-0.4, -0.2) is 46.7 Å². The second-order valence-electron chi connectivity index (χ2n) is 5.53. The Morgan fingerprint density at radius 3 is 2.48 bits per heavy atom. The number of anilines is 2. The maximum absolute atomic E-state index is 11.6. The molecule has 1 aliphatic rings. The van der Waals surface area contributed by atoms with Crippen molar-refractivity contribution in [2.24, 2.45) is 5.84 Å². The van der Waals surface area contributed by atoms with Crippen molar-refractivity contribution in [2.45, 2.75) is 51.7 Å². The molecular formula is C14H21N5O6. The summed E-state index contributed by atoms with van der Waals surface area (Å²) < 4.78 is 16.3. The fraction of sp³-hybridized carbons (Fsp3) is 0.571. The molecule has 1 saturated heterocycles. The molecule has 11 nitrogen and oxygen atoms in total. The molecule has 2 rings (SSSR count). The van der Waals surface area contributed by atoms with Crippen LogP contribution in [0.5, 0.6) is 0 Å². The van der Waals surface area contributed by atoms with Crippen LogP contribution in [0, 0.1) is 0 Å². The molecule has 0 amide bonds. The number of H-pyrrole nitrogens is 1. The van der Waals surface area contributed by atoms with Crippen LogP contribution >= 0.6 is 0 Å². The van der Waals surface area contributed by atoms with Crippen LogP contribution in [-0.2, 0) is 23.8 Å². The zero-order valence-electron chi connectivity index (χ0n) is 14.1. The Balaban J connectivity index is 2.39. The SMILES string of the molecule is CCC1OC(N(N)c2cn[nH]c(=O)c2N)C(OC(C)=O)C1OC(C)=O. The third-order valence-electron chi connectivity index (χ3n) is 3.72. The Morgan fingerprint density at radius 2 is 1.92 bits per heavy atom. The molecule has 1 fully saturated rings. The lowest BCUT2D eigenvalue weighted by molar-refractivity contribution is -0.164. The summed E-state index contributed by atoms with van der Waals surface area (Å²) in [6.07, 6.45) is -1.72. The van der Waals surface area contributed by atoms with Crippen LogP contribution < -0.4 is 22.1 Å². The molecule has 11 heteroatoms. The molecule has 5 N–H and O–H groups in total. The first-order chi connectivity index (χ1) is 11.8. The molecule has 138 valence electrons. The van der Waals surface area contributed by atoms with Crippen LogP contribution in [0.1, 0.15) is 27.2 Å². The average Bonchev–Trinajstić information content (AvgIpc) is 2.86. The smallest absolute Gasteiger partial charge is 0.303 e.